The van der Waals surface area contributed by atoms with Crippen LogP contribution in [0.1, 0.15) is 32.9 Å². The summed E-state index contributed by atoms with van der Waals surface area (Å²) < 4.78 is 5.31. The Labute approximate surface area is 130 Å². The molecule has 1 amide bonds. The summed E-state index contributed by atoms with van der Waals surface area (Å²) in [6, 6.07) is 4.70. The van der Waals surface area contributed by atoms with Crippen LogP contribution in [0.25, 0.3) is 0 Å². The van der Waals surface area contributed by atoms with Gasteiger partial charge >= 0.3 is 12.1 Å². The summed E-state index contributed by atoms with van der Waals surface area (Å²) in [4.78, 5) is 29.4. The fraction of sp³-hybridized carbons (Fsp3) is 0.562. The molecule has 2 rings (SSSR count). The lowest BCUT2D eigenvalue weighted by atomic mass is 9.94. The van der Waals surface area contributed by atoms with Crippen LogP contribution in [0.3, 0.4) is 0 Å². The maximum atomic E-state index is 12.2. The highest BCUT2D eigenvalue weighted by Gasteiger charge is 2.43. The zero-order valence-electron chi connectivity index (χ0n) is 13.2. The smallest absolute Gasteiger partial charge is 0.411 e. The Morgan fingerprint density at radius 3 is 2.68 bits per heavy atom. The molecule has 1 aliphatic heterocycles. The van der Waals surface area contributed by atoms with Crippen molar-refractivity contribution in [3.63, 3.8) is 0 Å². The lowest BCUT2D eigenvalue weighted by Crippen LogP contribution is -2.45. The van der Waals surface area contributed by atoms with Crippen molar-refractivity contribution in [1.29, 1.82) is 0 Å². The average Bonchev–Trinajstić information content (AvgIpc) is 2.82. The number of hydrogen-bond acceptors (Lipinski definition) is 4. The first kappa shape index (κ1) is 16.3. The first-order valence-electron chi connectivity index (χ1n) is 7.40. The Morgan fingerprint density at radius 1 is 1.41 bits per heavy atom. The molecular formula is C16H22N2O4. The van der Waals surface area contributed by atoms with E-state index < -0.39 is 23.7 Å². The molecule has 22 heavy (non-hydrogen) atoms. The fourth-order valence-corrected chi connectivity index (χ4v) is 2.72. The van der Waals surface area contributed by atoms with Gasteiger partial charge in [-0.25, -0.2) is 9.59 Å². The quantitative estimate of drug-likeness (QED) is 0.927. The van der Waals surface area contributed by atoms with Crippen LogP contribution in [0.4, 0.5) is 4.79 Å². The van der Waals surface area contributed by atoms with Gasteiger partial charge in [0.1, 0.15) is 11.6 Å². The third-order valence-corrected chi connectivity index (χ3v) is 3.60. The molecular weight excluding hydrogens is 284 g/mol. The van der Waals surface area contributed by atoms with E-state index in [0.717, 1.165) is 5.69 Å². The molecule has 1 aromatic heterocycles. The van der Waals surface area contributed by atoms with Crippen LogP contribution in [0.5, 0.6) is 0 Å². The Hall–Kier alpha value is -2.11. The van der Waals surface area contributed by atoms with Crippen LogP contribution in [-0.4, -0.2) is 45.2 Å². The summed E-state index contributed by atoms with van der Waals surface area (Å²) in [7, 11) is 0. The van der Waals surface area contributed by atoms with Crippen molar-refractivity contribution in [2.24, 2.45) is 5.92 Å². The van der Waals surface area contributed by atoms with E-state index in [0.29, 0.717) is 19.4 Å². The van der Waals surface area contributed by atoms with Gasteiger partial charge in [-0.2, -0.15) is 0 Å². The van der Waals surface area contributed by atoms with E-state index in [4.69, 9.17) is 4.74 Å². The largest absolute Gasteiger partial charge is 0.480 e. The van der Waals surface area contributed by atoms with Gasteiger partial charge in [0.2, 0.25) is 0 Å². The number of aliphatic carboxylic acids is 1. The number of carbonyl (C=O) groups excluding carboxylic acids is 1. The summed E-state index contributed by atoms with van der Waals surface area (Å²) in [6.45, 7) is 5.69. The number of likely N-dealkylation sites (tertiary alicyclic amines) is 1. The minimum absolute atomic E-state index is 0.153. The summed E-state index contributed by atoms with van der Waals surface area (Å²) in [6.07, 6.45) is 2.29. The Kier molecular flexibility index (Phi) is 4.68. The summed E-state index contributed by atoms with van der Waals surface area (Å²) in [5.74, 6) is -1.15. The average molecular weight is 306 g/mol. The minimum Gasteiger partial charge on any atom is -0.480 e. The van der Waals surface area contributed by atoms with Crippen LogP contribution in [-0.2, 0) is 16.0 Å². The van der Waals surface area contributed by atoms with Crippen molar-refractivity contribution in [2.45, 2.75) is 45.3 Å². The predicted molar refractivity (Wildman–Crippen MR) is 80.4 cm³/mol. The number of ether oxygens (including phenoxy) is 1. The van der Waals surface area contributed by atoms with Crippen LogP contribution in [0.2, 0.25) is 0 Å². The van der Waals surface area contributed by atoms with E-state index >= 15 is 0 Å². The van der Waals surface area contributed by atoms with Gasteiger partial charge in [-0.1, -0.05) is 6.07 Å². The first-order valence-corrected chi connectivity index (χ1v) is 7.40. The molecule has 6 nitrogen and oxygen atoms in total. The standard InChI is InChI=1S/C16H22N2O4/c1-16(2,3)22-15(21)18-9-7-11(13(18)14(19)20)10-12-6-4-5-8-17-12/h4-6,8,11,13H,7,9-10H2,1-3H3,(H,19,20)/t11-,13+/m1/s1. The van der Waals surface area contributed by atoms with Gasteiger partial charge in [0.15, 0.2) is 0 Å². The SMILES string of the molecule is CC(C)(C)OC(=O)N1CC[C@H](Cc2ccccn2)[C@H]1C(=O)O. The molecule has 2 heterocycles. The summed E-state index contributed by atoms with van der Waals surface area (Å²) in [5.41, 5.74) is 0.198. The van der Waals surface area contributed by atoms with Gasteiger partial charge in [0, 0.05) is 18.4 Å². The van der Waals surface area contributed by atoms with Crippen molar-refractivity contribution < 1.29 is 19.4 Å². The van der Waals surface area contributed by atoms with E-state index in [-0.39, 0.29) is 5.92 Å². The molecule has 0 aliphatic carbocycles. The number of nitrogens with zero attached hydrogens (tertiary/aromatic N) is 2. The molecule has 1 N–H and O–H groups in total. The van der Waals surface area contributed by atoms with E-state index in [9.17, 15) is 14.7 Å². The van der Waals surface area contributed by atoms with Gasteiger partial charge in [-0.15, -0.1) is 0 Å². The van der Waals surface area contributed by atoms with Crippen molar-refractivity contribution in [3.8, 4) is 0 Å². The third-order valence-electron chi connectivity index (χ3n) is 3.60. The zero-order valence-corrected chi connectivity index (χ0v) is 13.2. The van der Waals surface area contributed by atoms with Gasteiger partial charge in [0.05, 0.1) is 0 Å². The normalized spacial score (nSPS) is 21.7. The summed E-state index contributed by atoms with van der Waals surface area (Å²) >= 11 is 0. The van der Waals surface area contributed by atoms with E-state index in [1.54, 1.807) is 27.0 Å². The number of pyridine rings is 1. The number of aromatic nitrogens is 1. The molecule has 0 unspecified atom stereocenters. The van der Waals surface area contributed by atoms with Crippen LogP contribution < -0.4 is 0 Å². The second-order valence-corrected chi connectivity index (χ2v) is 6.53. The maximum Gasteiger partial charge on any atom is 0.411 e. The first-order chi connectivity index (χ1) is 10.3. The molecule has 0 radical (unpaired) electrons. The lowest BCUT2D eigenvalue weighted by Gasteiger charge is -2.28. The lowest BCUT2D eigenvalue weighted by molar-refractivity contribution is -0.143. The Bertz CT molecular complexity index is 539. The van der Waals surface area contributed by atoms with Gasteiger partial charge in [0.25, 0.3) is 0 Å². The number of carboxylic acids is 1. The maximum absolute atomic E-state index is 12.2. The highest BCUT2D eigenvalue weighted by Crippen LogP contribution is 2.29. The highest BCUT2D eigenvalue weighted by molar-refractivity contribution is 5.81. The molecule has 0 bridgehead atoms. The fourth-order valence-electron chi connectivity index (χ4n) is 2.72. The molecule has 1 aliphatic rings. The highest BCUT2D eigenvalue weighted by atomic mass is 16.6. The molecule has 1 aromatic rings. The van der Waals surface area contributed by atoms with Crippen molar-refractivity contribution in [1.82, 2.24) is 9.88 Å². The van der Waals surface area contributed by atoms with Crippen molar-refractivity contribution in [2.75, 3.05) is 6.54 Å². The monoisotopic (exact) mass is 306 g/mol. The second kappa shape index (κ2) is 6.34. The molecule has 0 spiro atoms. The third kappa shape index (κ3) is 3.96. The number of carboxylic acid groups (broad SMARTS) is 1. The van der Waals surface area contributed by atoms with E-state index in [1.165, 1.54) is 4.90 Å². The number of amides is 1. The number of hydrogen-bond donors (Lipinski definition) is 1. The molecule has 1 fully saturated rings. The van der Waals surface area contributed by atoms with Gasteiger partial charge in [-0.3, -0.25) is 9.88 Å². The topological polar surface area (TPSA) is 79.7 Å². The Morgan fingerprint density at radius 2 is 2.14 bits per heavy atom. The zero-order chi connectivity index (χ0) is 16.3. The minimum atomic E-state index is -0.996. The number of carbonyl (C=O) groups is 2. The molecule has 0 aromatic carbocycles. The van der Waals surface area contributed by atoms with Crippen LogP contribution in [0, 0.1) is 5.92 Å². The van der Waals surface area contributed by atoms with Crippen LogP contribution in [0.15, 0.2) is 24.4 Å². The van der Waals surface area contributed by atoms with Crippen molar-refractivity contribution in [3.05, 3.63) is 30.1 Å². The summed E-state index contributed by atoms with van der Waals surface area (Å²) in [5, 5.41) is 9.51. The molecule has 120 valence electrons. The van der Waals surface area contributed by atoms with Crippen molar-refractivity contribution >= 4 is 12.1 Å². The molecule has 0 saturated carbocycles. The van der Waals surface area contributed by atoms with Gasteiger partial charge in [-0.05, 0) is 51.7 Å². The van der Waals surface area contributed by atoms with Gasteiger partial charge < -0.3 is 9.84 Å². The van der Waals surface area contributed by atoms with E-state index in [1.807, 2.05) is 18.2 Å². The molecule has 1 saturated heterocycles. The van der Waals surface area contributed by atoms with Crippen LogP contribution >= 0.6 is 0 Å². The molecule has 2 atom stereocenters. The molecule has 6 heteroatoms. The number of rotatable bonds is 3. The Balaban J connectivity index is 2.11. The predicted octanol–water partition coefficient (Wildman–Crippen LogP) is 2.33. The van der Waals surface area contributed by atoms with E-state index in [2.05, 4.69) is 4.98 Å². The second-order valence-electron chi connectivity index (χ2n) is 6.53.